The van der Waals surface area contributed by atoms with Gasteiger partial charge < -0.3 is 19.1 Å². The van der Waals surface area contributed by atoms with Gasteiger partial charge in [0.2, 0.25) is 5.91 Å². The maximum absolute atomic E-state index is 12.7. The number of carbonyl (C=O) groups excluding carboxylic acids is 1. The van der Waals surface area contributed by atoms with Crippen molar-refractivity contribution in [2.24, 2.45) is 12.5 Å². The highest BCUT2D eigenvalue weighted by molar-refractivity contribution is 5.87. The zero-order valence-electron chi connectivity index (χ0n) is 16.9. The first-order chi connectivity index (χ1) is 13.5. The molecule has 0 spiro atoms. The van der Waals surface area contributed by atoms with Crippen LogP contribution < -0.4 is 4.90 Å². The standard InChI is InChI=1S/C21H29N5O2/c1-21(5-6-21)20(27)26-7-3-15(4-8-26)16-13-17-18(22-14-24(17)2)19(23-16)25-9-11-28-12-10-25/h13-15H,3-12H2,1-2H3. The van der Waals surface area contributed by atoms with Gasteiger partial charge in [0.25, 0.3) is 0 Å². The van der Waals surface area contributed by atoms with Gasteiger partial charge in [0, 0.05) is 50.3 Å². The Kier molecular flexibility index (Phi) is 4.30. The Morgan fingerprint density at radius 2 is 1.89 bits per heavy atom. The first kappa shape index (κ1) is 17.9. The van der Waals surface area contributed by atoms with E-state index in [-0.39, 0.29) is 5.41 Å². The van der Waals surface area contributed by atoms with Crippen LogP contribution in [0.25, 0.3) is 11.0 Å². The fourth-order valence-electron chi connectivity index (χ4n) is 4.50. The molecule has 0 aromatic carbocycles. The number of fused-ring (bicyclic) bond motifs is 1. The molecule has 150 valence electrons. The van der Waals surface area contributed by atoms with E-state index < -0.39 is 0 Å². The summed E-state index contributed by atoms with van der Waals surface area (Å²) in [6.07, 6.45) is 5.94. The summed E-state index contributed by atoms with van der Waals surface area (Å²) in [6.45, 7) is 6.97. The lowest BCUT2D eigenvalue weighted by Crippen LogP contribution is -2.41. The van der Waals surface area contributed by atoms with Gasteiger partial charge in [0.15, 0.2) is 5.82 Å². The van der Waals surface area contributed by atoms with Gasteiger partial charge >= 0.3 is 0 Å². The van der Waals surface area contributed by atoms with Gasteiger partial charge in [0.05, 0.1) is 25.1 Å². The van der Waals surface area contributed by atoms with Gasteiger partial charge in [-0.05, 0) is 31.7 Å². The summed E-state index contributed by atoms with van der Waals surface area (Å²) in [5.74, 6) is 1.74. The Hall–Kier alpha value is -2.15. The number of piperidine rings is 1. The molecule has 4 heterocycles. The maximum atomic E-state index is 12.7. The Morgan fingerprint density at radius 3 is 2.57 bits per heavy atom. The molecule has 0 atom stereocenters. The van der Waals surface area contributed by atoms with Crippen molar-refractivity contribution in [3.05, 3.63) is 18.1 Å². The number of hydrogen-bond donors (Lipinski definition) is 0. The zero-order valence-corrected chi connectivity index (χ0v) is 16.9. The molecular weight excluding hydrogens is 354 g/mol. The van der Waals surface area contributed by atoms with Crippen LogP contribution >= 0.6 is 0 Å². The van der Waals surface area contributed by atoms with Crippen molar-refractivity contribution >= 4 is 22.8 Å². The van der Waals surface area contributed by atoms with Crippen LogP contribution in [-0.4, -0.2) is 64.7 Å². The average molecular weight is 383 g/mol. The molecule has 7 nitrogen and oxygen atoms in total. The van der Waals surface area contributed by atoms with Crippen molar-refractivity contribution in [2.75, 3.05) is 44.3 Å². The number of pyridine rings is 1. The average Bonchev–Trinajstić information content (AvgIpc) is 3.39. The number of aryl methyl sites for hydroxylation is 1. The molecule has 2 aromatic rings. The lowest BCUT2D eigenvalue weighted by molar-refractivity contribution is -0.137. The number of anilines is 1. The highest BCUT2D eigenvalue weighted by Gasteiger charge is 2.47. The molecule has 28 heavy (non-hydrogen) atoms. The number of morpholine rings is 1. The molecule has 3 aliphatic rings. The van der Waals surface area contributed by atoms with E-state index in [1.54, 1.807) is 0 Å². The van der Waals surface area contributed by atoms with Crippen molar-refractivity contribution in [1.29, 1.82) is 0 Å². The summed E-state index contributed by atoms with van der Waals surface area (Å²) in [7, 11) is 2.04. The number of aromatic nitrogens is 3. The number of nitrogens with zero attached hydrogens (tertiary/aromatic N) is 5. The Labute approximate surface area is 165 Å². The second kappa shape index (κ2) is 6.72. The SMILES string of the molecule is Cn1cnc2c(N3CCOCC3)nc(C3CCN(C(=O)C4(C)CC4)CC3)cc21. The first-order valence-corrected chi connectivity index (χ1v) is 10.5. The number of hydrogen-bond acceptors (Lipinski definition) is 5. The summed E-state index contributed by atoms with van der Waals surface area (Å²) >= 11 is 0. The van der Waals surface area contributed by atoms with Gasteiger partial charge in [0.1, 0.15) is 5.52 Å². The third-order valence-corrected chi connectivity index (χ3v) is 6.74. The molecule has 0 N–H and O–H groups in total. The smallest absolute Gasteiger partial charge is 0.228 e. The van der Waals surface area contributed by atoms with Gasteiger partial charge in [-0.1, -0.05) is 6.92 Å². The second-order valence-electron chi connectivity index (χ2n) is 8.82. The van der Waals surface area contributed by atoms with Crippen LogP contribution in [0.4, 0.5) is 5.82 Å². The van der Waals surface area contributed by atoms with E-state index in [2.05, 4.69) is 32.3 Å². The quantitative estimate of drug-likeness (QED) is 0.814. The normalized spacial score (nSPS) is 22.6. The van der Waals surface area contributed by atoms with Crippen molar-refractivity contribution in [2.45, 2.75) is 38.5 Å². The lowest BCUT2D eigenvalue weighted by Gasteiger charge is -2.34. The lowest BCUT2D eigenvalue weighted by atomic mass is 9.91. The molecule has 0 radical (unpaired) electrons. The number of amides is 1. The predicted molar refractivity (Wildman–Crippen MR) is 107 cm³/mol. The van der Waals surface area contributed by atoms with Crippen LogP contribution in [0.5, 0.6) is 0 Å². The van der Waals surface area contributed by atoms with Gasteiger partial charge in [-0.2, -0.15) is 0 Å². The largest absolute Gasteiger partial charge is 0.378 e. The van der Waals surface area contributed by atoms with Crippen LogP contribution in [0, 0.1) is 5.41 Å². The molecule has 5 rings (SSSR count). The van der Waals surface area contributed by atoms with E-state index in [0.717, 1.165) is 87.6 Å². The van der Waals surface area contributed by atoms with Crippen molar-refractivity contribution in [3.63, 3.8) is 0 Å². The second-order valence-corrected chi connectivity index (χ2v) is 8.82. The van der Waals surface area contributed by atoms with Crippen LogP contribution in [-0.2, 0) is 16.6 Å². The molecule has 0 bridgehead atoms. The van der Waals surface area contributed by atoms with E-state index in [4.69, 9.17) is 9.72 Å². The number of imidazole rings is 1. The van der Waals surface area contributed by atoms with E-state index in [0.29, 0.717) is 11.8 Å². The van der Waals surface area contributed by atoms with E-state index in [1.807, 2.05) is 13.4 Å². The van der Waals surface area contributed by atoms with E-state index in [9.17, 15) is 4.79 Å². The maximum Gasteiger partial charge on any atom is 0.228 e. The Morgan fingerprint density at radius 1 is 1.18 bits per heavy atom. The van der Waals surface area contributed by atoms with Gasteiger partial charge in [-0.3, -0.25) is 4.79 Å². The van der Waals surface area contributed by atoms with Gasteiger partial charge in [-0.25, -0.2) is 9.97 Å². The number of rotatable bonds is 3. The van der Waals surface area contributed by atoms with Crippen LogP contribution in [0.3, 0.4) is 0 Å². The summed E-state index contributed by atoms with van der Waals surface area (Å²) in [4.78, 5) is 26.7. The summed E-state index contributed by atoms with van der Waals surface area (Å²) in [6, 6.07) is 2.20. The van der Waals surface area contributed by atoms with Gasteiger partial charge in [-0.15, -0.1) is 0 Å². The highest BCUT2D eigenvalue weighted by Crippen LogP contribution is 2.47. The molecular formula is C21H29N5O2. The predicted octanol–water partition coefficient (Wildman–Crippen LogP) is 2.31. The zero-order chi connectivity index (χ0) is 19.3. The number of carbonyl (C=O) groups is 1. The van der Waals surface area contributed by atoms with Crippen molar-refractivity contribution in [1.82, 2.24) is 19.4 Å². The molecule has 3 fully saturated rings. The molecule has 2 saturated heterocycles. The Bertz CT molecular complexity index is 890. The number of ether oxygens (including phenoxy) is 1. The van der Waals surface area contributed by atoms with Crippen LogP contribution in [0.15, 0.2) is 12.4 Å². The van der Waals surface area contributed by atoms with E-state index in [1.165, 1.54) is 0 Å². The number of likely N-dealkylation sites (tertiary alicyclic amines) is 1. The fraction of sp³-hybridized carbons (Fsp3) is 0.667. The first-order valence-electron chi connectivity index (χ1n) is 10.5. The van der Waals surface area contributed by atoms with Crippen LogP contribution in [0.2, 0.25) is 0 Å². The Balaban J connectivity index is 1.40. The summed E-state index contributed by atoms with van der Waals surface area (Å²) in [5.41, 5.74) is 3.18. The minimum Gasteiger partial charge on any atom is -0.378 e. The third kappa shape index (κ3) is 3.05. The van der Waals surface area contributed by atoms with E-state index >= 15 is 0 Å². The molecule has 2 aliphatic heterocycles. The molecule has 0 unspecified atom stereocenters. The molecule has 2 aromatic heterocycles. The molecule has 7 heteroatoms. The fourth-order valence-corrected chi connectivity index (χ4v) is 4.50. The minimum absolute atomic E-state index is 0.0673. The molecule has 1 saturated carbocycles. The third-order valence-electron chi connectivity index (χ3n) is 6.74. The highest BCUT2D eigenvalue weighted by atomic mass is 16.5. The minimum atomic E-state index is -0.0673. The van der Waals surface area contributed by atoms with Crippen LogP contribution in [0.1, 0.15) is 44.2 Å². The summed E-state index contributed by atoms with van der Waals surface area (Å²) < 4.78 is 7.60. The summed E-state index contributed by atoms with van der Waals surface area (Å²) in [5, 5.41) is 0. The monoisotopic (exact) mass is 383 g/mol. The topological polar surface area (TPSA) is 63.5 Å². The molecule has 1 aliphatic carbocycles. The molecule has 1 amide bonds. The van der Waals surface area contributed by atoms with Crippen molar-refractivity contribution in [3.8, 4) is 0 Å². The van der Waals surface area contributed by atoms with Crippen molar-refractivity contribution < 1.29 is 9.53 Å².